The number of ether oxygens (including phenoxy) is 1. The molecule has 1 aliphatic rings. The lowest BCUT2D eigenvalue weighted by atomic mass is 9.96. The molecule has 0 fully saturated rings. The van der Waals surface area contributed by atoms with E-state index in [2.05, 4.69) is 4.98 Å². The van der Waals surface area contributed by atoms with Crippen LogP contribution in [0, 0.1) is 0 Å². The number of fused-ring (bicyclic) bond motifs is 3. The number of sulfonamides is 1. The number of hydrogen-bond donors (Lipinski definition) is 0. The first-order valence-electron chi connectivity index (χ1n) is 11.3. The van der Waals surface area contributed by atoms with Crippen molar-refractivity contribution in [2.24, 2.45) is 0 Å². The molecule has 0 atom stereocenters. The van der Waals surface area contributed by atoms with E-state index in [0.29, 0.717) is 17.9 Å². The molecule has 2 aromatic heterocycles. The average Bonchev–Trinajstić information content (AvgIpc) is 3.23. The van der Waals surface area contributed by atoms with Gasteiger partial charge in [0.2, 0.25) is 0 Å². The van der Waals surface area contributed by atoms with Gasteiger partial charge in [-0.3, -0.25) is 9.78 Å². The van der Waals surface area contributed by atoms with Crippen molar-refractivity contribution in [2.45, 2.75) is 37.5 Å². The zero-order valence-corrected chi connectivity index (χ0v) is 19.5. The minimum absolute atomic E-state index is 0.00678. The van der Waals surface area contributed by atoms with E-state index >= 15 is 0 Å². The maximum atomic E-state index is 13.8. The Morgan fingerprint density at radius 1 is 1.03 bits per heavy atom. The predicted molar refractivity (Wildman–Crippen MR) is 129 cm³/mol. The molecule has 174 valence electrons. The van der Waals surface area contributed by atoms with E-state index < -0.39 is 15.9 Å². The SMILES string of the molecule is CCOc1ccc(S(=O)(=O)N(C(=O)c2ccncc2)c2ccc3oc4c(c3c2)CCCC4)cc1. The maximum absolute atomic E-state index is 13.8. The first-order valence-corrected chi connectivity index (χ1v) is 12.7. The number of rotatable bonds is 6. The van der Waals surface area contributed by atoms with Crippen LogP contribution in [0.25, 0.3) is 11.0 Å². The molecule has 0 radical (unpaired) electrons. The molecule has 0 saturated carbocycles. The van der Waals surface area contributed by atoms with E-state index in [0.717, 1.165) is 46.7 Å². The fraction of sp³-hybridized carbons (Fsp3) is 0.231. The Hall–Kier alpha value is -3.65. The highest BCUT2D eigenvalue weighted by atomic mass is 32.2. The highest BCUT2D eigenvalue weighted by Crippen LogP contribution is 2.36. The molecular formula is C26H24N2O5S. The zero-order valence-electron chi connectivity index (χ0n) is 18.7. The second-order valence-electron chi connectivity index (χ2n) is 8.11. The molecule has 0 spiro atoms. The number of aryl methyl sites for hydroxylation is 2. The van der Waals surface area contributed by atoms with Gasteiger partial charge in [-0.05, 0) is 80.8 Å². The van der Waals surface area contributed by atoms with Gasteiger partial charge in [0.05, 0.1) is 17.2 Å². The van der Waals surface area contributed by atoms with Crippen molar-refractivity contribution < 1.29 is 22.4 Å². The summed E-state index contributed by atoms with van der Waals surface area (Å²) in [6, 6.07) is 14.2. The summed E-state index contributed by atoms with van der Waals surface area (Å²) in [6.45, 7) is 2.32. The van der Waals surface area contributed by atoms with Crippen LogP contribution in [0.4, 0.5) is 5.69 Å². The largest absolute Gasteiger partial charge is 0.494 e. The van der Waals surface area contributed by atoms with Crippen LogP contribution in [0.2, 0.25) is 0 Å². The minimum Gasteiger partial charge on any atom is -0.494 e. The minimum atomic E-state index is -4.23. The Morgan fingerprint density at radius 2 is 1.76 bits per heavy atom. The lowest BCUT2D eigenvalue weighted by molar-refractivity contribution is 0.100. The molecular weight excluding hydrogens is 452 g/mol. The molecule has 8 heteroatoms. The zero-order chi connectivity index (χ0) is 23.7. The van der Waals surface area contributed by atoms with Crippen molar-refractivity contribution >= 4 is 32.6 Å². The molecule has 2 aromatic carbocycles. The topological polar surface area (TPSA) is 89.7 Å². The maximum Gasteiger partial charge on any atom is 0.272 e. The Morgan fingerprint density at radius 3 is 2.50 bits per heavy atom. The van der Waals surface area contributed by atoms with E-state index in [-0.39, 0.29) is 16.1 Å². The van der Waals surface area contributed by atoms with Crippen molar-refractivity contribution in [1.82, 2.24) is 4.98 Å². The fourth-order valence-electron chi connectivity index (χ4n) is 4.33. The van der Waals surface area contributed by atoms with Gasteiger partial charge < -0.3 is 9.15 Å². The summed E-state index contributed by atoms with van der Waals surface area (Å²) in [4.78, 5) is 17.5. The van der Waals surface area contributed by atoms with Gasteiger partial charge in [0.15, 0.2) is 0 Å². The molecule has 2 heterocycles. The summed E-state index contributed by atoms with van der Waals surface area (Å²) in [5.74, 6) is 0.840. The van der Waals surface area contributed by atoms with E-state index in [1.807, 2.05) is 6.92 Å². The summed E-state index contributed by atoms with van der Waals surface area (Å²) >= 11 is 0. The summed E-state index contributed by atoms with van der Waals surface area (Å²) < 4.78 is 39.9. The molecule has 0 N–H and O–H groups in total. The molecule has 0 saturated heterocycles. The number of pyridine rings is 1. The van der Waals surface area contributed by atoms with E-state index in [4.69, 9.17) is 9.15 Å². The highest BCUT2D eigenvalue weighted by molar-refractivity contribution is 7.93. The standard InChI is InChI=1S/C26H24N2O5S/c1-2-32-20-8-10-21(11-9-20)34(30,31)28(26(29)18-13-15-27-16-14-18)19-7-12-25-23(17-19)22-5-3-4-6-24(22)33-25/h7-17H,2-6H2,1H3. The van der Waals surface area contributed by atoms with Crippen LogP contribution in [0.3, 0.4) is 0 Å². The van der Waals surface area contributed by atoms with Crippen LogP contribution in [-0.4, -0.2) is 25.9 Å². The van der Waals surface area contributed by atoms with Gasteiger partial charge in [-0.25, -0.2) is 8.42 Å². The van der Waals surface area contributed by atoms with Gasteiger partial charge in [-0.1, -0.05) is 0 Å². The van der Waals surface area contributed by atoms with Gasteiger partial charge >= 0.3 is 0 Å². The monoisotopic (exact) mass is 476 g/mol. The third kappa shape index (κ3) is 3.94. The van der Waals surface area contributed by atoms with Gasteiger partial charge in [0.25, 0.3) is 15.9 Å². The summed E-state index contributed by atoms with van der Waals surface area (Å²) in [7, 11) is -4.23. The highest BCUT2D eigenvalue weighted by Gasteiger charge is 2.33. The van der Waals surface area contributed by atoms with Crippen LogP contribution in [0.15, 0.2) is 76.3 Å². The number of anilines is 1. The lowest BCUT2D eigenvalue weighted by Gasteiger charge is -2.23. The first kappa shape index (κ1) is 22.2. The first-order chi connectivity index (χ1) is 16.5. The molecule has 0 unspecified atom stereocenters. The fourth-order valence-corrected chi connectivity index (χ4v) is 5.74. The van der Waals surface area contributed by atoms with Crippen LogP contribution < -0.4 is 9.04 Å². The summed E-state index contributed by atoms with van der Waals surface area (Å²) in [5, 5.41) is 0.849. The van der Waals surface area contributed by atoms with Gasteiger partial charge in [-0.15, -0.1) is 0 Å². The normalized spacial score (nSPS) is 13.4. The molecule has 5 rings (SSSR count). The van der Waals surface area contributed by atoms with Crippen LogP contribution >= 0.6 is 0 Å². The van der Waals surface area contributed by atoms with E-state index in [1.165, 1.54) is 36.7 Å². The number of carbonyl (C=O) groups is 1. The Kier molecular flexibility index (Phi) is 5.83. The summed E-state index contributed by atoms with van der Waals surface area (Å²) in [6.07, 6.45) is 6.78. The molecule has 0 bridgehead atoms. The molecule has 0 aliphatic heterocycles. The van der Waals surface area contributed by atoms with Crippen molar-refractivity contribution in [3.63, 3.8) is 0 Å². The number of nitrogens with zero attached hydrogens (tertiary/aromatic N) is 2. The molecule has 1 amide bonds. The van der Waals surface area contributed by atoms with Gasteiger partial charge in [0, 0.05) is 35.3 Å². The number of benzene rings is 2. The van der Waals surface area contributed by atoms with Crippen LogP contribution in [0.5, 0.6) is 5.75 Å². The van der Waals surface area contributed by atoms with Crippen LogP contribution in [-0.2, 0) is 22.9 Å². The smallest absolute Gasteiger partial charge is 0.272 e. The third-order valence-corrected chi connectivity index (χ3v) is 7.68. The molecule has 7 nitrogen and oxygen atoms in total. The number of aromatic nitrogens is 1. The molecule has 4 aromatic rings. The Balaban J connectivity index is 1.65. The second kappa shape index (κ2) is 8.95. The van der Waals surface area contributed by atoms with Crippen molar-refractivity contribution in [3.05, 3.63) is 83.9 Å². The quantitative estimate of drug-likeness (QED) is 0.383. The number of furan rings is 1. The molecule has 34 heavy (non-hydrogen) atoms. The number of carbonyl (C=O) groups excluding carboxylic acids is 1. The third-order valence-electron chi connectivity index (χ3n) is 5.96. The van der Waals surface area contributed by atoms with Gasteiger partial charge in [-0.2, -0.15) is 4.31 Å². The average molecular weight is 477 g/mol. The van der Waals surface area contributed by atoms with Crippen molar-refractivity contribution in [1.29, 1.82) is 0 Å². The Labute approximate surface area is 198 Å². The molecule has 1 aliphatic carbocycles. The number of hydrogen-bond acceptors (Lipinski definition) is 6. The van der Waals surface area contributed by atoms with Crippen molar-refractivity contribution in [3.8, 4) is 5.75 Å². The Bertz CT molecular complexity index is 1440. The lowest BCUT2D eigenvalue weighted by Crippen LogP contribution is -2.37. The second-order valence-corrected chi connectivity index (χ2v) is 9.89. The predicted octanol–water partition coefficient (Wildman–Crippen LogP) is 5.14. The summed E-state index contributed by atoms with van der Waals surface area (Å²) in [5.41, 5.74) is 2.28. The number of amides is 1. The van der Waals surface area contributed by atoms with Crippen LogP contribution in [0.1, 0.15) is 41.4 Å². The van der Waals surface area contributed by atoms with Gasteiger partial charge in [0.1, 0.15) is 17.1 Å². The van der Waals surface area contributed by atoms with Crippen molar-refractivity contribution in [2.75, 3.05) is 10.9 Å². The van der Waals surface area contributed by atoms with E-state index in [9.17, 15) is 13.2 Å². The van der Waals surface area contributed by atoms with E-state index in [1.54, 1.807) is 30.3 Å².